The van der Waals surface area contributed by atoms with Crippen molar-refractivity contribution in [3.05, 3.63) is 30.1 Å². The lowest BCUT2D eigenvalue weighted by Crippen LogP contribution is -2.21. The lowest BCUT2D eigenvalue weighted by Gasteiger charge is -2.00. The molecule has 1 aromatic heterocycles. The zero-order valence-corrected chi connectivity index (χ0v) is 7.41. The van der Waals surface area contributed by atoms with Gasteiger partial charge in [-0.05, 0) is 12.1 Å². The first kappa shape index (κ1) is 8.55. The normalized spacial score (nSPS) is 19.3. The first-order valence-corrected chi connectivity index (χ1v) is 4.20. The van der Waals surface area contributed by atoms with Gasteiger partial charge in [-0.15, -0.1) is 0 Å². The Bertz CT molecular complexity index is 356. The summed E-state index contributed by atoms with van der Waals surface area (Å²) in [4.78, 5) is 11.9. The van der Waals surface area contributed by atoms with Crippen molar-refractivity contribution in [3.8, 4) is 0 Å². The van der Waals surface area contributed by atoms with E-state index in [0.29, 0.717) is 0 Å². The largest absolute Gasteiger partial charge is 0.281 e. The average molecular weight is 187 g/mol. The van der Waals surface area contributed by atoms with Gasteiger partial charge in [0.1, 0.15) is 6.34 Å². The molecule has 2 heterocycles. The minimum absolute atomic E-state index is 0.144. The maximum atomic E-state index is 4.08. The van der Waals surface area contributed by atoms with Gasteiger partial charge in [0.05, 0.1) is 18.1 Å². The molecule has 5 heteroatoms. The van der Waals surface area contributed by atoms with Crippen molar-refractivity contribution in [2.75, 3.05) is 0 Å². The molecule has 1 aliphatic rings. The van der Waals surface area contributed by atoms with Gasteiger partial charge in [-0.3, -0.25) is 10.4 Å². The second-order valence-electron chi connectivity index (χ2n) is 2.65. The summed E-state index contributed by atoms with van der Waals surface area (Å²) in [5.74, 6) is 0. The molecule has 1 aliphatic heterocycles. The van der Waals surface area contributed by atoms with Gasteiger partial charge in [-0.2, -0.15) is 5.10 Å². The minimum atomic E-state index is -0.144. The van der Waals surface area contributed by atoms with E-state index in [0.717, 1.165) is 5.69 Å². The van der Waals surface area contributed by atoms with Crippen molar-refractivity contribution in [2.45, 2.75) is 6.17 Å². The van der Waals surface area contributed by atoms with Crippen molar-refractivity contribution in [1.82, 2.24) is 10.4 Å². The van der Waals surface area contributed by atoms with E-state index in [9.17, 15) is 0 Å². The second-order valence-corrected chi connectivity index (χ2v) is 2.65. The first-order chi connectivity index (χ1) is 6.95. The van der Waals surface area contributed by atoms with Crippen molar-refractivity contribution < 1.29 is 0 Å². The molecule has 0 radical (unpaired) electrons. The van der Waals surface area contributed by atoms with Crippen LogP contribution >= 0.6 is 0 Å². The molecule has 0 aliphatic carbocycles. The molecule has 0 spiro atoms. The van der Waals surface area contributed by atoms with Crippen LogP contribution in [-0.2, 0) is 0 Å². The fourth-order valence-corrected chi connectivity index (χ4v) is 0.968. The molecule has 0 amide bonds. The van der Waals surface area contributed by atoms with E-state index in [-0.39, 0.29) is 6.17 Å². The van der Waals surface area contributed by atoms with Crippen LogP contribution in [0.25, 0.3) is 0 Å². The molecule has 2 rings (SSSR count). The van der Waals surface area contributed by atoms with E-state index in [1.807, 2.05) is 18.2 Å². The third-order valence-corrected chi connectivity index (χ3v) is 1.61. The van der Waals surface area contributed by atoms with Gasteiger partial charge in [-0.25, -0.2) is 9.98 Å². The van der Waals surface area contributed by atoms with Crippen LogP contribution in [0.15, 0.2) is 39.5 Å². The van der Waals surface area contributed by atoms with Gasteiger partial charge in [-0.1, -0.05) is 6.07 Å². The number of hydrazone groups is 1. The summed E-state index contributed by atoms with van der Waals surface area (Å²) in [7, 11) is 0. The molecule has 14 heavy (non-hydrogen) atoms. The standard InChI is InChI=1S/C9H9N5/c1-2-4-11-8(3-1)5-13-14-9-6-10-7-12-9/h1-7,9,14H. The molecular weight excluding hydrogens is 178 g/mol. The highest BCUT2D eigenvalue weighted by atomic mass is 15.4. The smallest absolute Gasteiger partial charge is 0.171 e. The van der Waals surface area contributed by atoms with Crippen LogP contribution in [0.2, 0.25) is 0 Å². The highest BCUT2D eigenvalue weighted by Crippen LogP contribution is 1.90. The number of aliphatic imine (C=N–C) groups is 2. The molecule has 0 saturated carbocycles. The Morgan fingerprint density at radius 3 is 3.14 bits per heavy atom. The zero-order chi connectivity index (χ0) is 9.64. The summed E-state index contributed by atoms with van der Waals surface area (Å²) in [5, 5.41) is 3.98. The minimum Gasteiger partial charge on any atom is -0.281 e. The molecule has 0 fully saturated rings. The van der Waals surface area contributed by atoms with Crippen molar-refractivity contribution >= 4 is 18.8 Å². The molecule has 1 aromatic rings. The Balaban J connectivity index is 1.89. The average Bonchev–Trinajstić information content (AvgIpc) is 2.72. The molecule has 0 bridgehead atoms. The van der Waals surface area contributed by atoms with Crippen LogP contribution in [0, 0.1) is 0 Å². The first-order valence-electron chi connectivity index (χ1n) is 4.20. The summed E-state index contributed by atoms with van der Waals surface area (Å²) >= 11 is 0. The number of nitrogens with zero attached hydrogens (tertiary/aromatic N) is 4. The number of hydrogen-bond donors (Lipinski definition) is 1. The van der Waals surface area contributed by atoms with Crippen molar-refractivity contribution in [3.63, 3.8) is 0 Å². The maximum absolute atomic E-state index is 4.08. The zero-order valence-electron chi connectivity index (χ0n) is 7.41. The van der Waals surface area contributed by atoms with Gasteiger partial charge in [0.25, 0.3) is 0 Å². The lowest BCUT2D eigenvalue weighted by atomic mass is 10.4. The molecule has 0 aromatic carbocycles. The summed E-state index contributed by atoms with van der Waals surface area (Å²) in [5.41, 5.74) is 3.62. The number of hydrogen-bond acceptors (Lipinski definition) is 5. The van der Waals surface area contributed by atoms with Gasteiger partial charge >= 0.3 is 0 Å². The SMILES string of the molecule is C1=NC=NC1NN=Cc1ccccn1. The third-order valence-electron chi connectivity index (χ3n) is 1.61. The van der Waals surface area contributed by atoms with E-state index in [1.54, 1.807) is 18.6 Å². The van der Waals surface area contributed by atoms with E-state index in [1.165, 1.54) is 6.34 Å². The molecular formula is C9H9N5. The highest BCUT2D eigenvalue weighted by Gasteiger charge is 2.01. The molecule has 1 atom stereocenters. The molecule has 70 valence electrons. The van der Waals surface area contributed by atoms with E-state index < -0.39 is 0 Å². The maximum Gasteiger partial charge on any atom is 0.171 e. The fourth-order valence-electron chi connectivity index (χ4n) is 0.968. The van der Waals surface area contributed by atoms with Gasteiger partial charge in [0.2, 0.25) is 0 Å². The van der Waals surface area contributed by atoms with Gasteiger partial charge in [0, 0.05) is 6.20 Å². The molecule has 1 N–H and O–H groups in total. The molecule has 1 unspecified atom stereocenters. The Labute approximate surface area is 81.3 Å². The van der Waals surface area contributed by atoms with Crippen LogP contribution in [0.3, 0.4) is 0 Å². The third kappa shape index (κ3) is 2.22. The Kier molecular flexibility index (Phi) is 2.61. The summed E-state index contributed by atoms with van der Waals surface area (Å²) < 4.78 is 0. The van der Waals surface area contributed by atoms with Gasteiger partial charge in [0.15, 0.2) is 6.17 Å². The van der Waals surface area contributed by atoms with Crippen LogP contribution in [0.4, 0.5) is 0 Å². The van der Waals surface area contributed by atoms with E-state index in [2.05, 4.69) is 25.5 Å². The van der Waals surface area contributed by atoms with Crippen molar-refractivity contribution in [2.24, 2.45) is 15.1 Å². The highest BCUT2D eigenvalue weighted by molar-refractivity contribution is 5.82. The van der Waals surface area contributed by atoms with Gasteiger partial charge < -0.3 is 0 Å². The Morgan fingerprint density at radius 2 is 2.43 bits per heavy atom. The second kappa shape index (κ2) is 4.27. The predicted molar refractivity (Wildman–Crippen MR) is 55.7 cm³/mol. The summed E-state index contributed by atoms with van der Waals surface area (Å²) in [6.07, 6.45) is 6.39. The molecule has 0 saturated heterocycles. The fraction of sp³-hybridized carbons (Fsp3) is 0.111. The Hall–Kier alpha value is -2.04. The van der Waals surface area contributed by atoms with Crippen LogP contribution in [0.5, 0.6) is 0 Å². The number of pyridine rings is 1. The summed E-state index contributed by atoms with van der Waals surface area (Å²) in [6.45, 7) is 0. The van der Waals surface area contributed by atoms with E-state index >= 15 is 0 Å². The topological polar surface area (TPSA) is 62.0 Å². The van der Waals surface area contributed by atoms with E-state index in [4.69, 9.17) is 0 Å². The monoisotopic (exact) mass is 187 g/mol. The van der Waals surface area contributed by atoms with Crippen molar-refractivity contribution in [1.29, 1.82) is 0 Å². The number of aromatic nitrogens is 1. The predicted octanol–water partition coefficient (Wildman–Crippen LogP) is 0.444. The quantitative estimate of drug-likeness (QED) is 0.551. The Morgan fingerprint density at radius 1 is 1.43 bits per heavy atom. The van der Waals surface area contributed by atoms with Crippen LogP contribution in [0.1, 0.15) is 5.69 Å². The summed E-state index contributed by atoms with van der Waals surface area (Å²) in [6, 6.07) is 5.64. The number of rotatable bonds is 3. The van der Waals surface area contributed by atoms with Crippen LogP contribution < -0.4 is 5.43 Å². The van der Waals surface area contributed by atoms with Crippen LogP contribution in [-0.4, -0.2) is 29.9 Å². The molecule has 5 nitrogen and oxygen atoms in total. The lowest BCUT2D eigenvalue weighted by molar-refractivity contribution is 0.699. The number of nitrogens with one attached hydrogen (secondary N) is 1.